The molecule has 1 atom stereocenters. The molecule has 0 aliphatic carbocycles. The van der Waals surface area contributed by atoms with Gasteiger partial charge in [-0.2, -0.15) is 12.6 Å². The molecule has 40 valence electrons. The van der Waals surface area contributed by atoms with Crippen LogP contribution >= 0.6 is 37.0 Å². The van der Waals surface area contributed by atoms with Gasteiger partial charge in [0, 0.05) is 0 Å². The van der Waals surface area contributed by atoms with E-state index in [0.29, 0.717) is 0 Å². The zero-order valence-corrected chi connectivity index (χ0v) is 5.95. The highest BCUT2D eigenvalue weighted by Gasteiger charge is 1.82. The predicted octanol–water partition coefficient (Wildman–Crippen LogP) is 1.29. The molecule has 1 unspecified atom stereocenters. The van der Waals surface area contributed by atoms with E-state index in [9.17, 15) is 0 Å². The van der Waals surface area contributed by atoms with Gasteiger partial charge in [0.1, 0.15) is 0 Å². The Morgan fingerprint density at radius 1 is 1.83 bits per heavy atom. The van der Waals surface area contributed by atoms with Crippen LogP contribution < -0.4 is 5.14 Å². The maximum Gasteiger partial charge on any atom is 0.0586 e. The van der Waals surface area contributed by atoms with Gasteiger partial charge < -0.3 is 0 Å². The van der Waals surface area contributed by atoms with Crippen molar-refractivity contribution in [2.45, 2.75) is 11.5 Å². The van der Waals surface area contributed by atoms with E-state index in [-0.39, 0.29) is 17.0 Å². The van der Waals surface area contributed by atoms with E-state index in [0.717, 1.165) is 0 Å². The van der Waals surface area contributed by atoms with Gasteiger partial charge in [0.05, 0.1) is 4.58 Å². The number of thiol groups is 1. The van der Waals surface area contributed by atoms with Gasteiger partial charge in [-0.05, 0) is 6.92 Å². The predicted molar refractivity (Wildman–Crippen MR) is 37.5 cm³/mol. The molecular formula is C2H8ClNS2. The Labute approximate surface area is 54.0 Å². The summed E-state index contributed by atoms with van der Waals surface area (Å²) in [7, 11) is 0. The number of rotatable bonds is 1. The summed E-state index contributed by atoms with van der Waals surface area (Å²) in [5, 5.41) is 5.01. The Morgan fingerprint density at radius 3 is 2.00 bits per heavy atom. The first kappa shape index (κ1) is 10.0. The first-order valence-electron chi connectivity index (χ1n) is 1.31. The molecule has 0 amide bonds. The molecule has 6 heavy (non-hydrogen) atoms. The fraction of sp³-hybridized carbons (Fsp3) is 1.00. The molecule has 0 rings (SSSR count). The highest BCUT2D eigenvalue weighted by Crippen LogP contribution is 2.02. The Morgan fingerprint density at radius 2 is 2.00 bits per heavy atom. The molecule has 0 aromatic rings. The summed E-state index contributed by atoms with van der Waals surface area (Å²) < 4.78 is 0.273. The maximum absolute atomic E-state index is 5.01. The van der Waals surface area contributed by atoms with Crippen molar-refractivity contribution < 1.29 is 0 Å². The topological polar surface area (TPSA) is 26.0 Å². The monoisotopic (exact) mass is 145 g/mol. The number of halogens is 1. The summed E-state index contributed by atoms with van der Waals surface area (Å²) in [6.45, 7) is 1.92. The molecule has 0 saturated carbocycles. The highest BCUT2D eigenvalue weighted by atomic mass is 35.5. The van der Waals surface area contributed by atoms with Crippen LogP contribution in [0.4, 0.5) is 0 Å². The molecule has 0 aliphatic rings. The lowest BCUT2D eigenvalue weighted by atomic mass is 11.0. The molecule has 1 nitrogen and oxygen atoms in total. The van der Waals surface area contributed by atoms with Crippen LogP contribution in [0.15, 0.2) is 0 Å². The van der Waals surface area contributed by atoms with Crippen molar-refractivity contribution in [2.24, 2.45) is 5.14 Å². The van der Waals surface area contributed by atoms with Crippen molar-refractivity contribution in [2.75, 3.05) is 0 Å². The second kappa shape index (κ2) is 5.95. The average molecular weight is 146 g/mol. The van der Waals surface area contributed by atoms with Crippen LogP contribution in [0.5, 0.6) is 0 Å². The third-order valence-corrected chi connectivity index (χ3v) is 0.956. The smallest absolute Gasteiger partial charge is 0.0586 e. The Bertz CT molecular complexity index is 25.5. The van der Waals surface area contributed by atoms with E-state index in [4.69, 9.17) is 5.14 Å². The lowest BCUT2D eigenvalue weighted by Crippen LogP contribution is -1.86. The standard InChI is InChI=1S/C2H7NS2.ClH/c1-2(4)5-3;/h2,4H,3H2,1H3;1H. The molecule has 0 radical (unpaired) electrons. The number of hydrogen-bond donors (Lipinski definition) is 2. The largest absolute Gasteiger partial charge is 0.277 e. The number of nitrogens with two attached hydrogens (primary N) is 1. The van der Waals surface area contributed by atoms with Crippen molar-refractivity contribution >= 4 is 37.0 Å². The van der Waals surface area contributed by atoms with Gasteiger partial charge in [0.2, 0.25) is 0 Å². The molecule has 2 N–H and O–H groups in total. The van der Waals surface area contributed by atoms with E-state index < -0.39 is 0 Å². The van der Waals surface area contributed by atoms with Crippen LogP contribution in [0.1, 0.15) is 6.92 Å². The molecule has 0 aliphatic heterocycles. The lowest BCUT2D eigenvalue weighted by molar-refractivity contribution is 1.43. The minimum absolute atomic E-state index is 0. The van der Waals surface area contributed by atoms with Gasteiger partial charge in [-0.15, -0.1) is 12.4 Å². The highest BCUT2D eigenvalue weighted by molar-refractivity contribution is 8.08. The summed E-state index contributed by atoms with van der Waals surface area (Å²) in [5.41, 5.74) is 0. The molecule has 0 aromatic heterocycles. The van der Waals surface area contributed by atoms with E-state index in [2.05, 4.69) is 12.6 Å². The quantitative estimate of drug-likeness (QED) is 0.331. The van der Waals surface area contributed by atoms with Crippen molar-refractivity contribution in [1.29, 1.82) is 0 Å². The van der Waals surface area contributed by atoms with Gasteiger partial charge in [-0.1, -0.05) is 11.9 Å². The average Bonchev–Trinajstić information content (AvgIpc) is 1.38. The second-order valence-corrected chi connectivity index (χ2v) is 2.84. The molecule has 0 bridgehead atoms. The van der Waals surface area contributed by atoms with Crippen LogP contribution in [0, 0.1) is 0 Å². The first-order chi connectivity index (χ1) is 2.27. The van der Waals surface area contributed by atoms with E-state index in [1.165, 1.54) is 11.9 Å². The van der Waals surface area contributed by atoms with Gasteiger partial charge >= 0.3 is 0 Å². The minimum atomic E-state index is 0. The summed E-state index contributed by atoms with van der Waals surface area (Å²) in [6.07, 6.45) is 0. The summed E-state index contributed by atoms with van der Waals surface area (Å²) in [6, 6.07) is 0. The Kier molecular flexibility index (Phi) is 9.96. The third kappa shape index (κ3) is 8.87. The zero-order valence-electron chi connectivity index (χ0n) is 3.42. The normalized spacial score (nSPS) is 12.5. The van der Waals surface area contributed by atoms with Crippen molar-refractivity contribution in [3.63, 3.8) is 0 Å². The summed E-state index contributed by atoms with van der Waals surface area (Å²) in [4.78, 5) is 0. The first-order valence-corrected chi connectivity index (χ1v) is 2.77. The molecule has 0 heterocycles. The summed E-state index contributed by atoms with van der Waals surface area (Å²) in [5.74, 6) is 0. The number of hydrogen-bond acceptors (Lipinski definition) is 3. The van der Waals surface area contributed by atoms with Crippen LogP contribution in [-0.2, 0) is 0 Å². The fourth-order valence-corrected chi connectivity index (χ4v) is 0. The SMILES string of the molecule is CC(S)SN.Cl. The molecule has 4 heteroatoms. The van der Waals surface area contributed by atoms with Gasteiger partial charge in [0.15, 0.2) is 0 Å². The molecule has 0 fully saturated rings. The van der Waals surface area contributed by atoms with Crippen LogP contribution in [0.2, 0.25) is 0 Å². The van der Waals surface area contributed by atoms with Crippen molar-refractivity contribution in [3.8, 4) is 0 Å². The van der Waals surface area contributed by atoms with E-state index >= 15 is 0 Å². The fourth-order valence-electron chi connectivity index (χ4n) is 0. The van der Waals surface area contributed by atoms with Gasteiger partial charge in [0.25, 0.3) is 0 Å². The lowest BCUT2D eigenvalue weighted by Gasteiger charge is -1.89. The van der Waals surface area contributed by atoms with Crippen LogP contribution in [-0.4, -0.2) is 4.58 Å². The van der Waals surface area contributed by atoms with Crippen LogP contribution in [0.3, 0.4) is 0 Å². The van der Waals surface area contributed by atoms with Crippen molar-refractivity contribution in [1.82, 2.24) is 0 Å². The zero-order chi connectivity index (χ0) is 4.28. The molecular weight excluding hydrogens is 138 g/mol. The van der Waals surface area contributed by atoms with Crippen LogP contribution in [0.25, 0.3) is 0 Å². The third-order valence-electron chi connectivity index (χ3n) is 0.197. The van der Waals surface area contributed by atoms with E-state index in [1.54, 1.807) is 0 Å². The summed E-state index contributed by atoms with van der Waals surface area (Å²) >= 11 is 5.18. The Balaban J connectivity index is 0. The minimum Gasteiger partial charge on any atom is -0.277 e. The van der Waals surface area contributed by atoms with Gasteiger partial charge in [-0.25, -0.2) is 0 Å². The molecule has 0 aromatic carbocycles. The molecule has 0 saturated heterocycles. The maximum atomic E-state index is 5.01. The second-order valence-electron chi connectivity index (χ2n) is 0.735. The molecule has 0 spiro atoms. The van der Waals surface area contributed by atoms with Crippen molar-refractivity contribution in [3.05, 3.63) is 0 Å². The Hall–Kier alpha value is 0.950. The van der Waals surface area contributed by atoms with Gasteiger partial charge in [-0.3, -0.25) is 5.14 Å². The van der Waals surface area contributed by atoms with E-state index in [1.807, 2.05) is 6.92 Å².